The first-order chi connectivity index (χ1) is 13.2. The zero-order valence-electron chi connectivity index (χ0n) is 14.8. The Morgan fingerprint density at radius 2 is 1.22 bits per heavy atom. The van der Waals surface area contributed by atoms with Gasteiger partial charge >= 0.3 is 0 Å². The summed E-state index contributed by atoms with van der Waals surface area (Å²) in [5, 5.41) is 8.23. The maximum atomic E-state index is 12.9. The van der Waals surface area contributed by atoms with E-state index in [0.29, 0.717) is 22.6 Å². The van der Waals surface area contributed by atoms with Crippen LogP contribution in [0.2, 0.25) is 0 Å². The average Bonchev–Trinajstić information content (AvgIpc) is 2.75. The number of hydrogen-bond acceptors (Lipinski definition) is 5. The summed E-state index contributed by atoms with van der Waals surface area (Å²) >= 11 is 0. The number of rotatable bonds is 7. The predicted molar refractivity (Wildman–Crippen MR) is 103 cm³/mol. The van der Waals surface area contributed by atoms with Crippen molar-refractivity contribution in [1.82, 2.24) is 0 Å². The van der Waals surface area contributed by atoms with Crippen molar-refractivity contribution < 1.29 is 14.3 Å². The molecule has 0 aliphatic rings. The monoisotopic (exact) mass is 358 g/mol. The van der Waals surface area contributed by atoms with Crippen LogP contribution in [0.3, 0.4) is 0 Å². The fraction of sp³-hybridized carbons (Fsp3) is 0.0909. The molecule has 27 heavy (non-hydrogen) atoms. The van der Waals surface area contributed by atoms with E-state index in [1.54, 1.807) is 84.9 Å². The van der Waals surface area contributed by atoms with E-state index in [9.17, 15) is 9.59 Å². The molecule has 3 aromatic rings. The van der Waals surface area contributed by atoms with Crippen molar-refractivity contribution in [3.05, 3.63) is 96.1 Å². The van der Waals surface area contributed by atoms with E-state index >= 15 is 0 Å². The molecular weight excluding hydrogens is 340 g/mol. The largest absolute Gasteiger partial charge is 0.494 e. The van der Waals surface area contributed by atoms with Gasteiger partial charge in [0.15, 0.2) is 17.6 Å². The minimum absolute atomic E-state index is 0.400. The molecule has 3 aromatic carbocycles. The number of hydrogen-bond donors (Lipinski definition) is 0. The maximum Gasteiger partial charge on any atom is 0.197 e. The summed E-state index contributed by atoms with van der Waals surface area (Å²) in [6.45, 7) is 0. The predicted octanol–water partition coefficient (Wildman–Crippen LogP) is 4.91. The molecule has 0 atom stereocenters. The fourth-order valence-electron chi connectivity index (χ4n) is 2.58. The Balaban J connectivity index is 1.98. The molecule has 5 nitrogen and oxygen atoms in total. The third kappa shape index (κ3) is 4.33. The molecule has 0 radical (unpaired) electrons. The number of ketones is 2. The zero-order chi connectivity index (χ0) is 19.1. The Bertz CT molecular complexity index is 902. The van der Waals surface area contributed by atoms with Crippen molar-refractivity contribution >= 4 is 17.3 Å². The van der Waals surface area contributed by atoms with Crippen LogP contribution in [0.4, 0.5) is 5.69 Å². The van der Waals surface area contributed by atoms with Crippen molar-refractivity contribution in [3.63, 3.8) is 0 Å². The number of azo groups is 1. The van der Waals surface area contributed by atoms with Gasteiger partial charge in [0, 0.05) is 11.1 Å². The van der Waals surface area contributed by atoms with Crippen molar-refractivity contribution in [3.8, 4) is 5.75 Å². The van der Waals surface area contributed by atoms with Gasteiger partial charge in [-0.25, -0.2) is 0 Å². The minimum atomic E-state index is -1.26. The number of carbonyl (C=O) groups excluding carboxylic acids is 2. The third-order valence-electron chi connectivity index (χ3n) is 3.98. The molecule has 0 fully saturated rings. The zero-order valence-corrected chi connectivity index (χ0v) is 14.8. The van der Waals surface area contributed by atoms with Crippen LogP contribution in [0, 0.1) is 0 Å². The Morgan fingerprint density at radius 1 is 0.741 bits per heavy atom. The second-order valence-electron chi connectivity index (χ2n) is 5.75. The highest BCUT2D eigenvalue weighted by atomic mass is 16.5. The lowest BCUT2D eigenvalue weighted by molar-refractivity contribution is 0.0861. The molecule has 0 heterocycles. The van der Waals surface area contributed by atoms with Crippen LogP contribution in [0.25, 0.3) is 0 Å². The first-order valence-electron chi connectivity index (χ1n) is 8.43. The Kier molecular flexibility index (Phi) is 5.84. The summed E-state index contributed by atoms with van der Waals surface area (Å²) in [5.41, 5.74) is 1.27. The van der Waals surface area contributed by atoms with Crippen LogP contribution in [0.5, 0.6) is 5.75 Å². The van der Waals surface area contributed by atoms with Gasteiger partial charge in [-0.05, 0) is 12.1 Å². The molecule has 0 saturated heterocycles. The van der Waals surface area contributed by atoms with Crippen molar-refractivity contribution in [2.24, 2.45) is 10.2 Å². The van der Waals surface area contributed by atoms with Crippen LogP contribution in [0.1, 0.15) is 20.7 Å². The molecule has 0 bridgehead atoms. The fourth-order valence-corrected chi connectivity index (χ4v) is 2.58. The molecule has 0 N–H and O–H groups in total. The van der Waals surface area contributed by atoms with E-state index in [-0.39, 0.29) is 0 Å². The highest BCUT2D eigenvalue weighted by molar-refractivity contribution is 6.19. The van der Waals surface area contributed by atoms with E-state index in [1.807, 2.05) is 0 Å². The van der Waals surface area contributed by atoms with Gasteiger partial charge in [-0.1, -0.05) is 72.8 Å². The quantitative estimate of drug-likeness (QED) is 0.342. The first-order valence-corrected chi connectivity index (χ1v) is 8.43. The standard InChI is InChI=1S/C22H18N2O3/c1-27-19-15-9-8-14-18(19)23-24-20(21(25)16-10-4-2-5-11-16)22(26)17-12-6-3-7-13-17/h2-15,20H,1H3. The number of carbonyl (C=O) groups is 2. The Labute approximate surface area is 157 Å². The van der Waals surface area contributed by atoms with E-state index in [2.05, 4.69) is 10.2 Å². The molecule has 0 aromatic heterocycles. The topological polar surface area (TPSA) is 68.1 Å². The highest BCUT2D eigenvalue weighted by Gasteiger charge is 2.28. The number of Topliss-reactive ketones (excluding diaryl/α,β-unsaturated/α-hetero) is 2. The molecule has 0 aliphatic carbocycles. The summed E-state index contributed by atoms with van der Waals surface area (Å²) in [5.74, 6) is -0.287. The lowest BCUT2D eigenvalue weighted by Gasteiger charge is -2.10. The van der Waals surface area contributed by atoms with E-state index < -0.39 is 17.6 Å². The van der Waals surface area contributed by atoms with Gasteiger partial charge in [0.05, 0.1) is 7.11 Å². The number of para-hydroxylation sites is 1. The minimum Gasteiger partial charge on any atom is -0.494 e. The number of ether oxygens (including phenoxy) is 1. The summed E-state index contributed by atoms with van der Waals surface area (Å²) in [6, 6.07) is 23.0. The van der Waals surface area contributed by atoms with Gasteiger partial charge in [0.1, 0.15) is 11.4 Å². The summed E-state index contributed by atoms with van der Waals surface area (Å²) in [4.78, 5) is 25.9. The third-order valence-corrected chi connectivity index (χ3v) is 3.98. The first kappa shape index (κ1) is 18.2. The molecule has 0 saturated carbocycles. The molecule has 3 rings (SSSR count). The normalized spacial score (nSPS) is 10.9. The van der Waals surface area contributed by atoms with Gasteiger partial charge in [-0.15, -0.1) is 0 Å². The SMILES string of the molecule is COc1ccccc1N=NC(C(=O)c1ccccc1)C(=O)c1ccccc1. The van der Waals surface area contributed by atoms with Crippen molar-refractivity contribution in [1.29, 1.82) is 0 Å². The highest BCUT2D eigenvalue weighted by Crippen LogP contribution is 2.27. The van der Waals surface area contributed by atoms with E-state index in [4.69, 9.17) is 4.74 Å². The van der Waals surface area contributed by atoms with Crippen LogP contribution >= 0.6 is 0 Å². The van der Waals surface area contributed by atoms with Gasteiger partial charge in [-0.2, -0.15) is 10.2 Å². The maximum absolute atomic E-state index is 12.9. The molecule has 0 spiro atoms. The summed E-state index contributed by atoms with van der Waals surface area (Å²) in [6.07, 6.45) is 0. The molecule has 5 heteroatoms. The van der Waals surface area contributed by atoms with E-state index in [1.165, 1.54) is 7.11 Å². The number of benzene rings is 3. The molecular formula is C22H18N2O3. The second-order valence-corrected chi connectivity index (χ2v) is 5.75. The van der Waals surface area contributed by atoms with Gasteiger partial charge in [0.2, 0.25) is 0 Å². The smallest absolute Gasteiger partial charge is 0.197 e. The Hall–Kier alpha value is -3.60. The summed E-state index contributed by atoms with van der Waals surface area (Å²) < 4.78 is 5.24. The van der Waals surface area contributed by atoms with Crippen molar-refractivity contribution in [2.75, 3.05) is 7.11 Å². The second kappa shape index (κ2) is 8.67. The van der Waals surface area contributed by atoms with Crippen LogP contribution in [-0.4, -0.2) is 24.7 Å². The number of nitrogens with zero attached hydrogens (tertiary/aromatic N) is 2. The lowest BCUT2D eigenvalue weighted by atomic mass is 9.97. The van der Waals surface area contributed by atoms with E-state index in [0.717, 1.165) is 0 Å². The van der Waals surface area contributed by atoms with Gasteiger partial charge in [-0.3, -0.25) is 9.59 Å². The number of methoxy groups -OCH3 is 1. The lowest BCUT2D eigenvalue weighted by Crippen LogP contribution is -2.28. The molecule has 134 valence electrons. The van der Waals surface area contributed by atoms with Crippen LogP contribution in [-0.2, 0) is 0 Å². The van der Waals surface area contributed by atoms with Crippen molar-refractivity contribution in [2.45, 2.75) is 6.04 Å². The van der Waals surface area contributed by atoms with Gasteiger partial charge < -0.3 is 4.74 Å². The van der Waals surface area contributed by atoms with Crippen LogP contribution < -0.4 is 4.74 Å². The average molecular weight is 358 g/mol. The molecule has 0 aliphatic heterocycles. The van der Waals surface area contributed by atoms with Crippen LogP contribution in [0.15, 0.2) is 95.2 Å². The summed E-state index contributed by atoms with van der Waals surface area (Å²) in [7, 11) is 1.52. The molecule has 0 unspecified atom stereocenters. The Morgan fingerprint density at radius 3 is 1.74 bits per heavy atom. The van der Waals surface area contributed by atoms with Gasteiger partial charge in [0.25, 0.3) is 0 Å². The molecule has 0 amide bonds.